The summed E-state index contributed by atoms with van der Waals surface area (Å²) in [6.45, 7) is 2.86. The molecule has 28 heavy (non-hydrogen) atoms. The molecular formula is C22H22N4O2. The summed E-state index contributed by atoms with van der Waals surface area (Å²) in [7, 11) is 0. The van der Waals surface area contributed by atoms with Crippen LogP contribution in [0.5, 0.6) is 5.75 Å². The first-order chi connectivity index (χ1) is 13.8. The van der Waals surface area contributed by atoms with E-state index in [0.29, 0.717) is 5.39 Å². The number of benzene rings is 2. The van der Waals surface area contributed by atoms with Gasteiger partial charge in [-0.05, 0) is 48.6 Å². The summed E-state index contributed by atoms with van der Waals surface area (Å²) in [5.74, 6) is 0.830. The van der Waals surface area contributed by atoms with E-state index in [4.69, 9.17) is 4.74 Å². The zero-order chi connectivity index (χ0) is 18.9. The van der Waals surface area contributed by atoms with Crippen molar-refractivity contribution in [2.75, 3.05) is 13.1 Å². The Balaban J connectivity index is 1.22. The van der Waals surface area contributed by atoms with E-state index in [2.05, 4.69) is 32.2 Å². The number of likely N-dealkylation sites (tertiary alicyclic amines) is 1. The molecule has 2 aromatic heterocycles. The van der Waals surface area contributed by atoms with Crippen LogP contribution in [0.25, 0.3) is 21.7 Å². The van der Waals surface area contributed by atoms with E-state index in [1.807, 2.05) is 36.4 Å². The van der Waals surface area contributed by atoms with Gasteiger partial charge in [-0.2, -0.15) is 5.10 Å². The quantitative estimate of drug-likeness (QED) is 0.574. The van der Waals surface area contributed by atoms with Crippen LogP contribution in [0.3, 0.4) is 0 Å². The number of fused-ring (bicyclic) bond motifs is 2. The standard InChI is InChI=1S/C22H22N4O2/c27-22-18-6-5-17(13-15(18)7-10-23-22)28-16-8-11-26(12-9-16)14-21-19-3-1-2-4-20(19)24-25-21/h1-7,10,13,16H,8-9,11-12,14H2,(H,23,27)(H,24,25). The van der Waals surface area contributed by atoms with Gasteiger partial charge >= 0.3 is 0 Å². The predicted octanol–water partition coefficient (Wildman–Crippen LogP) is 3.45. The van der Waals surface area contributed by atoms with Crippen LogP contribution >= 0.6 is 0 Å². The summed E-state index contributed by atoms with van der Waals surface area (Å²) < 4.78 is 6.20. The minimum absolute atomic E-state index is 0.0660. The minimum Gasteiger partial charge on any atom is -0.490 e. The van der Waals surface area contributed by atoms with Gasteiger partial charge in [0.05, 0.1) is 11.2 Å². The molecule has 0 spiro atoms. The van der Waals surface area contributed by atoms with Crippen LogP contribution in [0.1, 0.15) is 18.5 Å². The molecule has 2 N–H and O–H groups in total. The highest BCUT2D eigenvalue weighted by atomic mass is 16.5. The van der Waals surface area contributed by atoms with Gasteiger partial charge in [-0.3, -0.25) is 14.8 Å². The van der Waals surface area contributed by atoms with E-state index in [0.717, 1.165) is 49.1 Å². The molecule has 5 rings (SSSR count). The summed E-state index contributed by atoms with van der Waals surface area (Å²) >= 11 is 0. The number of aromatic amines is 2. The summed E-state index contributed by atoms with van der Waals surface area (Å²) in [5.41, 5.74) is 2.13. The number of ether oxygens (including phenoxy) is 1. The van der Waals surface area contributed by atoms with Crippen molar-refractivity contribution in [2.24, 2.45) is 0 Å². The van der Waals surface area contributed by atoms with Crippen molar-refractivity contribution in [1.29, 1.82) is 0 Å². The molecule has 4 aromatic rings. The SMILES string of the molecule is O=c1[nH]ccc2cc(OC3CCN(Cc4[nH]nc5ccccc45)CC3)ccc12. The first-order valence-electron chi connectivity index (χ1n) is 9.69. The number of H-pyrrole nitrogens is 2. The lowest BCUT2D eigenvalue weighted by Crippen LogP contribution is -2.37. The Morgan fingerprint density at radius 1 is 1.07 bits per heavy atom. The number of nitrogens with one attached hydrogen (secondary N) is 2. The Labute approximate surface area is 162 Å². The Morgan fingerprint density at radius 2 is 1.93 bits per heavy atom. The fourth-order valence-electron chi connectivity index (χ4n) is 3.98. The van der Waals surface area contributed by atoms with Gasteiger partial charge in [-0.1, -0.05) is 18.2 Å². The molecule has 0 amide bonds. The molecule has 6 nitrogen and oxygen atoms in total. The zero-order valence-electron chi connectivity index (χ0n) is 15.5. The van der Waals surface area contributed by atoms with E-state index < -0.39 is 0 Å². The summed E-state index contributed by atoms with van der Waals surface area (Å²) in [4.78, 5) is 17.0. The van der Waals surface area contributed by atoms with Gasteiger partial charge in [0.2, 0.25) is 0 Å². The molecule has 0 atom stereocenters. The first-order valence-corrected chi connectivity index (χ1v) is 9.69. The van der Waals surface area contributed by atoms with Crippen molar-refractivity contribution in [3.8, 4) is 5.75 Å². The number of piperidine rings is 1. The predicted molar refractivity (Wildman–Crippen MR) is 110 cm³/mol. The monoisotopic (exact) mass is 374 g/mol. The molecule has 0 aliphatic carbocycles. The topological polar surface area (TPSA) is 74.0 Å². The lowest BCUT2D eigenvalue weighted by Gasteiger charge is -2.31. The fourth-order valence-corrected chi connectivity index (χ4v) is 3.98. The highest BCUT2D eigenvalue weighted by Crippen LogP contribution is 2.24. The van der Waals surface area contributed by atoms with Crippen LogP contribution in [-0.2, 0) is 6.54 Å². The summed E-state index contributed by atoms with van der Waals surface area (Å²) in [6, 6.07) is 15.8. The van der Waals surface area contributed by atoms with Gasteiger partial charge in [-0.25, -0.2) is 0 Å². The zero-order valence-corrected chi connectivity index (χ0v) is 15.5. The second-order valence-electron chi connectivity index (χ2n) is 7.37. The van der Waals surface area contributed by atoms with Crippen molar-refractivity contribution >= 4 is 21.7 Å². The highest BCUT2D eigenvalue weighted by Gasteiger charge is 2.21. The number of aromatic nitrogens is 3. The van der Waals surface area contributed by atoms with Gasteiger partial charge in [0, 0.05) is 36.6 Å². The molecule has 0 unspecified atom stereocenters. The van der Waals surface area contributed by atoms with E-state index in [1.165, 1.54) is 11.1 Å². The molecule has 0 radical (unpaired) electrons. The van der Waals surface area contributed by atoms with Crippen molar-refractivity contribution < 1.29 is 4.74 Å². The molecule has 1 saturated heterocycles. The van der Waals surface area contributed by atoms with Crippen LogP contribution in [0.4, 0.5) is 0 Å². The normalized spacial score (nSPS) is 16.0. The van der Waals surface area contributed by atoms with Crippen molar-refractivity contribution in [2.45, 2.75) is 25.5 Å². The highest BCUT2D eigenvalue weighted by molar-refractivity contribution is 5.82. The second kappa shape index (κ2) is 7.13. The van der Waals surface area contributed by atoms with E-state index in [1.54, 1.807) is 6.20 Å². The Bertz CT molecular complexity index is 1170. The third-order valence-corrected chi connectivity index (χ3v) is 5.50. The number of hydrogen-bond acceptors (Lipinski definition) is 4. The van der Waals surface area contributed by atoms with Gasteiger partial charge in [0.1, 0.15) is 11.9 Å². The van der Waals surface area contributed by atoms with E-state index in [9.17, 15) is 4.79 Å². The molecule has 3 heterocycles. The Kier molecular flexibility index (Phi) is 4.33. The molecule has 6 heteroatoms. The van der Waals surface area contributed by atoms with Gasteiger partial charge < -0.3 is 9.72 Å². The number of nitrogens with zero attached hydrogens (tertiary/aromatic N) is 2. The first kappa shape index (κ1) is 17.0. The van der Waals surface area contributed by atoms with E-state index in [-0.39, 0.29) is 11.7 Å². The van der Waals surface area contributed by atoms with Crippen LogP contribution in [0.15, 0.2) is 59.5 Å². The largest absolute Gasteiger partial charge is 0.490 e. The minimum atomic E-state index is -0.0660. The molecule has 2 aromatic carbocycles. The van der Waals surface area contributed by atoms with E-state index >= 15 is 0 Å². The lowest BCUT2D eigenvalue weighted by atomic mass is 10.1. The van der Waals surface area contributed by atoms with Gasteiger partial charge in [0.15, 0.2) is 0 Å². The lowest BCUT2D eigenvalue weighted by molar-refractivity contribution is 0.0964. The average molecular weight is 374 g/mol. The molecule has 0 bridgehead atoms. The third-order valence-electron chi connectivity index (χ3n) is 5.50. The summed E-state index contributed by atoms with van der Waals surface area (Å²) in [5, 5.41) is 10.4. The van der Waals surface area contributed by atoms with Gasteiger partial charge in [-0.15, -0.1) is 0 Å². The van der Waals surface area contributed by atoms with Crippen LogP contribution in [0.2, 0.25) is 0 Å². The number of hydrogen-bond donors (Lipinski definition) is 2. The van der Waals surface area contributed by atoms with Crippen molar-refractivity contribution in [1.82, 2.24) is 20.1 Å². The number of pyridine rings is 1. The van der Waals surface area contributed by atoms with Crippen LogP contribution in [-0.4, -0.2) is 39.3 Å². The second-order valence-corrected chi connectivity index (χ2v) is 7.37. The molecule has 1 fully saturated rings. The number of rotatable bonds is 4. The number of para-hydroxylation sites is 1. The molecule has 0 saturated carbocycles. The van der Waals surface area contributed by atoms with Crippen molar-refractivity contribution in [3.63, 3.8) is 0 Å². The third kappa shape index (κ3) is 3.27. The summed E-state index contributed by atoms with van der Waals surface area (Å²) in [6.07, 6.45) is 3.85. The molecule has 1 aliphatic rings. The maximum Gasteiger partial charge on any atom is 0.255 e. The molecule has 142 valence electrons. The Hall–Kier alpha value is -3.12. The van der Waals surface area contributed by atoms with Crippen LogP contribution < -0.4 is 10.3 Å². The molecule has 1 aliphatic heterocycles. The van der Waals surface area contributed by atoms with Crippen molar-refractivity contribution in [3.05, 3.63) is 70.8 Å². The van der Waals surface area contributed by atoms with Crippen LogP contribution in [0, 0.1) is 0 Å². The van der Waals surface area contributed by atoms with Gasteiger partial charge in [0.25, 0.3) is 5.56 Å². The fraction of sp³-hybridized carbons (Fsp3) is 0.273. The molecular weight excluding hydrogens is 352 g/mol. The Morgan fingerprint density at radius 3 is 2.82 bits per heavy atom. The maximum atomic E-state index is 11.8. The average Bonchev–Trinajstić information content (AvgIpc) is 3.13. The smallest absolute Gasteiger partial charge is 0.255 e. The maximum absolute atomic E-state index is 11.8.